The summed E-state index contributed by atoms with van der Waals surface area (Å²) in [6, 6.07) is 7.35. The number of aliphatic hydroxyl groups is 1. The molecule has 0 saturated carbocycles. The van der Waals surface area contributed by atoms with E-state index >= 15 is 0 Å². The minimum atomic E-state index is -0.389. The van der Waals surface area contributed by atoms with Gasteiger partial charge in [-0.15, -0.1) is 0 Å². The van der Waals surface area contributed by atoms with E-state index in [4.69, 9.17) is 11.6 Å². The lowest BCUT2D eigenvalue weighted by molar-refractivity contribution is 0.152. The maximum absolute atomic E-state index is 9.85. The molecule has 1 N–H and O–H groups in total. The maximum atomic E-state index is 9.85. The van der Waals surface area contributed by atoms with Crippen molar-refractivity contribution in [1.82, 2.24) is 0 Å². The van der Waals surface area contributed by atoms with Crippen molar-refractivity contribution in [2.45, 2.75) is 19.4 Å². The van der Waals surface area contributed by atoms with Gasteiger partial charge in [-0.1, -0.05) is 46.6 Å². The van der Waals surface area contributed by atoms with Crippen LogP contribution in [0.15, 0.2) is 24.3 Å². The molecule has 0 radical (unpaired) electrons. The van der Waals surface area contributed by atoms with Gasteiger partial charge in [0.2, 0.25) is 0 Å². The second-order valence-corrected chi connectivity index (χ2v) is 4.65. The van der Waals surface area contributed by atoms with Gasteiger partial charge in [0.05, 0.1) is 6.10 Å². The Bertz CT molecular complexity index is 273. The number of benzene rings is 1. The molecule has 1 aromatic carbocycles. The molecule has 78 valence electrons. The Morgan fingerprint density at radius 2 is 1.93 bits per heavy atom. The summed E-state index contributed by atoms with van der Waals surface area (Å²) in [5.41, 5.74) is 0.933. The van der Waals surface area contributed by atoms with Gasteiger partial charge in [-0.3, -0.25) is 0 Å². The molecule has 0 aliphatic heterocycles. The van der Waals surface area contributed by atoms with E-state index in [1.54, 1.807) is 12.1 Å². The summed E-state index contributed by atoms with van der Waals surface area (Å²) in [5, 5.41) is 11.5. The topological polar surface area (TPSA) is 20.2 Å². The molecule has 0 bridgehead atoms. The van der Waals surface area contributed by atoms with Crippen molar-refractivity contribution in [2.24, 2.45) is 5.92 Å². The van der Waals surface area contributed by atoms with Crippen LogP contribution >= 0.6 is 27.5 Å². The first-order valence-electron chi connectivity index (χ1n) is 4.63. The maximum Gasteiger partial charge on any atom is 0.0792 e. The zero-order valence-corrected chi connectivity index (χ0v) is 10.4. The lowest BCUT2D eigenvalue weighted by Crippen LogP contribution is -2.05. The van der Waals surface area contributed by atoms with Gasteiger partial charge in [-0.25, -0.2) is 0 Å². The number of halogens is 2. The number of alkyl halides is 1. The van der Waals surface area contributed by atoms with E-state index in [2.05, 4.69) is 22.9 Å². The van der Waals surface area contributed by atoms with E-state index in [1.165, 1.54) is 0 Å². The standard InChI is InChI=1S/C11H14BrClO/c1-8(7-12)6-11(14)9-2-4-10(13)5-3-9/h2-5,8,11,14H,6-7H2,1H3/t8?,11-/m1/s1. The van der Waals surface area contributed by atoms with Crippen LogP contribution in [0.2, 0.25) is 5.02 Å². The van der Waals surface area contributed by atoms with Crippen molar-refractivity contribution >= 4 is 27.5 Å². The molecule has 1 aromatic rings. The van der Waals surface area contributed by atoms with E-state index in [0.29, 0.717) is 10.9 Å². The Morgan fingerprint density at radius 1 is 1.36 bits per heavy atom. The van der Waals surface area contributed by atoms with Crippen LogP contribution in [0.5, 0.6) is 0 Å². The van der Waals surface area contributed by atoms with E-state index in [-0.39, 0.29) is 6.10 Å². The molecular formula is C11H14BrClO. The summed E-state index contributed by atoms with van der Waals surface area (Å²) in [6.07, 6.45) is 0.382. The van der Waals surface area contributed by atoms with Gasteiger partial charge in [-0.2, -0.15) is 0 Å². The number of hydrogen-bond donors (Lipinski definition) is 1. The molecule has 0 aliphatic rings. The van der Waals surface area contributed by atoms with Crippen LogP contribution in [0.25, 0.3) is 0 Å². The van der Waals surface area contributed by atoms with E-state index in [9.17, 15) is 5.11 Å². The van der Waals surface area contributed by atoms with Crippen LogP contribution in [0.1, 0.15) is 25.0 Å². The monoisotopic (exact) mass is 276 g/mol. The number of hydrogen-bond acceptors (Lipinski definition) is 1. The normalized spacial score (nSPS) is 15.1. The smallest absolute Gasteiger partial charge is 0.0792 e. The van der Waals surface area contributed by atoms with Gasteiger partial charge in [-0.05, 0) is 30.0 Å². The highest BCUT2D eigenvalue weighted by Crippen LogP contribution is 2.23. The zero-order valence-electron chi connectivity index (χ0n) is 8.08. The van der Waals surface area contributed by atoms with Crippen LogP contribution in [0.4, 0.5) is 0 Å². The average molecular weight is 278 g/mol. The van der Waals surface area contributed by atoms with Crippen LogP contribution in [0, 0.1) is 5.92 Å². The van der Waals surface area contributed by atoms with Crippen LogP contribution in [-0.4, -0.2) is 10.4 Å². The molecule has 0 aliphatic carbocycles. The van der Waals surface area contributed by atoms with Gasteiger partial charge < -0.3 is 5.11 Å². The molecule has 0 spiro atoms. The molecular weight excluding hydrogens is 263 g/mol. The predicted molar refractivity (Wildman–Crippen MR) is 64.0 cm³/mol. The number of aliphatic hydroxyl groups excluding tert-OH is 1. The van der Waals surface area contributed by atoms with E-state index in [0.717, 1.165) is 17.3 Å². The van der Waals surface area contributed by atoms with Crippen LogP contribution in [-0.2, 0) is 0 Å². The molecule has 3 heteroatoms. The Kier molecular flexibility index (Phi) is 4.93. The Balaban J connectivity index is 2.60. The minimum absolute atomic E-state index is 0.389. The molecule has 0 saturated heterocycles. The fraction of sp³-hybridized carbons (Fsp3) is 0.455. The molecule has 2 atom stereocenters. The fourth-order valence-corrected chi connectivity index (χ4v) is 1.66. The summed E-state index contributed by atoms with van der Waals surface area (Å²) in [5.74, 6) is 0.473. The van der Waals surface area contributed by atoms with Gasteiger partial charge in [0.15, 0.2) is 0 Å². The van der Waals surface area contributed by atoms with Gasteiger partial charge in [0.25, 0.3) is 0 Å². The first kappa shape index (κ1) is 12.0. The van der Waals surface area contributed by atoms with Crippen molar-refractivity contribution < 1.29 is 5.11 Å². The Morgan fingerprint density at radius 3 is 2.43 bits per heavy atom. The highest BCUT2D eigenvalue weighted by Gasteiger charge is 2.11. The first-order chi connectivity index (χ1) is 6.63. The third-order valence-electron chi connectivity index (χ3n) is 2.14. The Hall–Kier alpha value is -0.0500. The third kappa shape index (κ3) is 3.60. The quantitative estimate of drug-likeness (QED) is 0.830. The highest BCUT2D eigenvalue weighted by molar-refractivity contribution is 9.09. The molecule has 1 rings (SSSR count). The molecule has 0 fully saturated rings. The molecule has 14 heavy (non-hydrogen) atoms. The van der Waals surface area contributed by atoms with Crippen molar-refractivity contribution in [3.8, 4) is 0 Å². The lowest BCUT2D eigenvalue weighted by Gasteiger charge is -2.14. The predicted octanol–water partition coefficient (Wildman–Crippen LogP) is 3.79. The van der Waals surface area contributed by atoms with Crippen LogP contribution < -0.4 is 0 Å². The van der Waals surface area contributed by atoms with Crippen molar-refractivity contribution in [3.63, 3.8) is 0 Å². The summed E-state index contributed by atoms with van der Waals surface area (Å²) >= 11 is 9.16. The highest BCUT2D eigenvalue weighted by atomic mass is 79.9. The Labute approximate surface area is 98.2 Å². The van der Waals surface area contributed by atoms with Crippen molar-refractivity contribution in [2.75, 3.05) is 5.33 Å². The fourth-order valence-electron chi connectivity index (χ4n) is 1.27. The SMILES string of the molecule is CC(CBr)C[C@@H](O)c1ccc(Cl)cc1. The molecule has 1 nitrogen and oxygen atoms in total. The average Bonchev–Trinajstić information content (AvgIpc) is 2.18. The minimum Gasteiger partial charge on any atom is -0.388 e. The summed E-state index contributed by atoms with van der Waals surface area (Å²) in [4.78, 5) is 0. The summed E-state index contributed by atoms with van der Waals surface area (Å²) in [7, 11) is 0. The molecule has 0 aromatic heterocycles. The van der Waals surface area contributed by atoms with Crippen molar-refractivity contribution in [3.05, 3.63) is 34.9 Å². The second kappa shape index (κ2) is 5.74. The summed E-state index contributed by atoms with van der Waals surface area (Å²) in [6.45, 7) is 2.11. The first-order valence-corrected chi connectivity index (χ1v) is 6.13. The second-order valence-electron chi connectivity index (χ2n) is 3.56. The summed E-state index contributed by atoms with van der Waals surface area (Å²) < 4.78 is 0. The van der Waals surface area contributed by atoms with Gasteiger partial charge in [0.1, 0.15) is 0 Å². The largest absolute Gasteiger partial charge is 0.388 e. The molecule has 0 heterocycles. The zero-order chi connectivity index (χ0) is 10.6. The molecule has 1 unspecified atom stereocenters. The third-order valence-corrected chi connectivity index (χ3v) is 3.50. The van der Waals surface area contributed by atoms with Gasteiger partial charge in [0, 0.05) is 10.4 Å². The molecule has 0 amide bonds. The number of rotatable bonds is 4. The lowest BCUT2D eigenvalue weighted by atomic mass is 10.00. The van der Waals surface area contributed by atoms with Crippen LogP contribution in [0.3, 0.4) is 0 Å². The van der Waals surface area contributed by atoms with E-state index in [1.807, 2.05) is 12.1 Å². The van der Waals surface area contributed by atoms with Crippen molar-refractivity contribution in [1.29, 1.82) is 0 Å². The van der Waals surface area contributed by atoms with E-state index < -0.39 is 0 Å². The van der Waals surface area contributed by atoms with Gasteiger partial charge >= 0.3 is 0 Å².